The fraction of sp³-hybridized carbons (Fsp3) is 0.619. The summed E-state index contributed by atoms with van der Waals surface area (Å²) in [5, 5.41) is 3.26. The summed E-state index contributed by atoms with van der Waals surface area (Å²) in [7, 11) is 3.96. The maximum Gasteiger partial charge on any atom is 0.253 e. The zero-order valence-corrected chi connectivity index (χ0v) is 17.2. The van der Waals surface area contributed by atoms with Gasteiger partial charge in [-0.25, -0.2) is 0 Å². The SMILES string of the molecule is CC(C)CCN(CCC(=O)N1CCNCC1)C(=O)c1ccc(N(C)C)cc1. The molecule has 0 saturated carbocycles. The van der Waals surface area contributed by atoms with Crippen molar-refractivity contribution in [1.29, 1.82) is 0 Å². The van der Waals surface area contributed by atoms with Crippen molar-refractivity contribution in [3.05, 3.63) is 29.8 Å². The van der Waals surface area contributed by atoms with Gasteiger partial charge in [-0.2, -0.15) is 0 Å². The van der Waals surface area contributed by atoms with Crippen molar-refractivity contribution < 1.29 is 9.59 Å². The van der Waals surface area contributed by atoms with Crippen LogP contribution in [0, 0.1) is 5.92 Å². The lowest BCUT2D eigenvalue weighted by Crippen LogP contribution is -2.47. The number of piperazine rings is 1. The van der Waals surface area contributed by atoms with Crippen molar-refractivity contribution in [2.75, 3.05) is 58.3 Å². The maximum atomic E-state index is 13.0. The highest BCUT2D eigenvalue weighted by molar-refractivity contribution is 5.94. The van der Waals surface area contributed by atoms with E-state index in [0.717, 1.165) is 38.3 Å². The highest BCUT2D eigenvalue weighted by atomic mass is 16.2. The number of anilines is 1. The number of nitrogens with zero attached hydrogens (tertiary/aromatic N) is 3. The third-order valence-corrected chi connectivity index (χ3v) is 4.96. The molecule has 0 bridgehead atoms. The van der Waals surface area contributed by atoms with Gasteiger partial charge in [0.2, 0.25) is 5.91 Å². The van der Waals surface area contributed by atoms with Gasteiger partial charge in [0.25, 0.3) is 5.91 Å². The normalized spacial score (nSPS) is 14.3. The molecular weight excluding hydrogens is 340 g/mol. The molecule has 0 aromatic heterocycles. The molecule has 0 unspecified atom stereocenters. The van der Waals surface area contributed by atoms with Crippen LogP contribution in [-0.4, -0.2) is 75.0 Å². The molecule has 1 fully saturated rings. The molecule has 1 aliphatic rings. The third kappa shape index (κ3) is 6.54. The van der Waals surface area contributed by atoms with Gasteiger partial charge in [0.05, 0.1) is 0 Å². The van der Waals surface area contributed by atoms with Crippen molar-refractivity contribution in [2.24, 2.45) is 5.92 Å². The second-order valence-corrected chi connectivity index (χ2v) is 7.80. The summed E-state index contributed by atoms with van der Waals surface area (Å²) in [6.07, 6.45) is 1.32. The third-order valence-electron chi connectivity index (χ3n) is 4.96. The van der Waals surface area contributed by atoms with Crippen molar-refractivity contribution in [2.45, 2.75) is 26.7 Å². The molecule has 1 N–H and O–H groups in total. The molecule has 0 radical (unpaired) electrons. The van der Waals surface area contributed by atoms with Crippen molar-refractivity contribution in [3.8, 4) is 0 Å². The van der Waals surface area contributed by atoms with E-state index in [1.54, 1.807) is 0 Å². The zero-order chi connectivity index (χ0) is 19.8. The van der Waals surface area contributed by atoms with Gasteiger partial charge in [-0.15, -0.1) is 0 Å². The average Bonchev–Trinajstić information content (AvgIpc) is 2.68. The van der Waals surface area contributed by atoms with E-state index in [4.69, 9.17) is 0 Å². The number of hydrogen-bond acceptors (Lipinski definition) is 4. The van der Waals surface area contributed by atoms with E-state index in [2.05, 4.69) is 19.2 Å². The van der Waals surface area contributed by atoms with Crippen LogP contribution in [0.4, 0.5) is 5.69 Å². The average molecular weight is 375 g/mol. The molecule has 0 atom stereocenters. The molecule has 6 nitrogen and oxygen atoms in total. The Morgan fingerprint density at radius 1 is 1.07 bits per heavy atom. The monoisotopic (exact) mass is 374 g/mol. The van der Waals surface area contributed by atoms with Crippen molar-refractivity contribution in [1.82, 2.24) is 15.1 Å². The molecule has 0 spiro atoms. The molecule has 1 aliphatic heterocycles. The van der Waals surface area contributed by atoms with Crippen molar-refractivity contribution in [3.63, 3.8) is 0 Å². The summed E-state index contributed by atoms with van der Waals surface area (Å²) in [6.45, 7) is 8.67. The van der Waals surface area contributed by atoms with Gasteiger partial charge >= 0.3 is 0 Å². The Morgan fingerprint density at radius 2 is 1.70 bits per heavy atom. The first-order valence-corrected chi connectivity index (χ1v) is 9.93. The number of amides is 2. The fourth-order valence-corrected chi connectivity index (χ4v) is 3.12. The summed E-state index contributed by atoms with van der Waals surface area (Å²) < 4.78 is 0. The molecule has 1 aromatic rings. The second kappa shape index (κ2) is 10.3. The molecule has 27 heavy (non-hydrogen) atoms. The molecule has 2 amide bonds. The zero-order valence-electron chi connectivity index (χ0n) is 17.2. The van der Waals surface area contributed by atoms with Crippen LogP contribution in [0.3, 0.4) is 0 Å². The first-order valence-electron chi connectivity index (χ1n) is 9.93. The minimum absolute atomic E-state index is 0.00840. The second-order valence-electron chi connectivity index (χ2n) is 7.80. The van der Waals surface area contributed by atoms with E-state index in [0.29, 0.717) is 31.0 Å². The highest BCUT2D eigenvalue weighted by Gasteiger charge is 2.20. The van der Waals surface area contributed by atoms with Gasteiger partial charge in [0, 0.05) is 71.0 Å². The Balaban J connectivity index is 2.01. The van der Waals surface area contributed by atoms with Gasteiger partial charge in [0.15, 0.2) is 0 Å². The van der Waals surface area contributed by atoms with Crippen LogP contribution in [0.1, 0.15) is 37.0 Å². The van der Waals surface area contributed by atoms with E-state index in [-0.39, 0.29) is 11.8 Å². The summed E-state index contributed by atoms with van der Waals surface area (Å²) >= 11 is 0. The Morgan fingerprint density at radius 3 is 2.26 bits per heavy atom. The van der Waals surface area contributed by atoms with E-state index in [1.165, 1.54) is 0 Å². The van der Waals surface area contributed by atoms with Gasteiger partial charge in [-0.3, -0.25) is 9.59 Å². The number of benzene rings is 1. The molecule has 1 aromatic carbocycles. The number of carbonyl (C=O) groups excluding carboxylic acids is 2. The summed E-state index contributed by atoms with van der Waals surface area (Å²) in [5.74, 6) is 0.663. The van der Waals surface area contributed by atoms with Gasteiger partial charge in [-0.1, -0.05) is 13.8 Å². The minimum Gasteiger partial charge on any atom is -0.378 e. The Kier molecular flexibility index (Phi) is 8.10. The summed E-state index contributed by atoms with van der Waals surface area (Å²) in [6, 6.07) is 7.66. The molecule has 150 valence electrons. The quantitative estimate of drug-likeness (QED) is 0.757. The standard InChI is InChI=1S/C21H34N4O2/c1-17(2)9-13-25(14-10-20(26)24-15-11-22-12-16-24)21(27)18-5-7-19(8-6-18)23(3)4/h5-8,17,22H,9-16H2,1-4H3. The van der Waals surface area contributed by atoms with Gasteiger partial charge < -0.3 is 20.0 Å². The topological polar surface area (TPSA) is 55.9 Å². The van der Waals surface area contributed by atoms with Crippen molar-refractivity contribution >= 4 is 17.5 Å². The number of carbonyl (C=O) groups is 2. The Bertz CT molecular complexity index is 607. The van der Waals surface area contributed by atoms with Crippen LogP contribution in [0.15, 0.2) is 24.3 Å². The number of hydrogen-bond donors (Lipinski definition) is 1. The first-order chi connectivity index (χ1) is 12.9. The molecule has 2 rings (SSSR count). The lowest BCUT2D eigenvalue weighted by molar-refractivity contribution is -0.131. The van der Waals surface area contributed by atoms with Gasteiger partial charge in [0.1, 0.15) is 0 Å². The summed E-state index contributed by atoms with van der Waals surface area (Å²) in [5.41, 5.74) is 1.74. The van der Waals surface area contributed by atoms with Crippen LogP contribution in [0.25, 0.3) is 0 Å². The predicted molar refractivity (Wildman–Crippen MR) is 110 cm³/mol. The molecule has 1 saturated heterocycles. The van der Waals surface area contributed by atoms with E-state index in [1.807, 2.05) is 53.1 Å². The van der Waals surface area contributed by atoms with E-state index >= 15 is 0 Å². The predicted octanol–water partition coefficient (Wildman–Crippen LogP) is 2.06. The fourth-order valence-electron chi connectivity index (χ4n) is 3.12. The number of nitrogens with one attached hydrogen (secondary N) is 1. The summed E-state index contributed by atoms with van der Waals surface area (Å²) in [4.78, 5) is 31.2. The van der Waals surface area contributed by atoms with Crippen LogP contribution in [0.2, 0.25) is 0 Å². The highest BCUT2D eigenvalue weighted by Crippen LogP contribution is 2.15. The maximum absolute atomic E-state index is 13.0. The number of rotatable bonds is 8. The van der Waals surface area contributed by atoms with E-state index in [9.17, 15) is 9.59 Å². The van der Waals surface area contributed by atoms with Crippen LogP contribution in [-0.2, 0) is 4.79 Å². The Hall–Kier alpha value is -2.08. The smallest absolute Gasteiger partial charge is 0.253 e. The molecule has 6 heteroatoms. The molecule has 0 aliphatic carbocycles. The lowest BCUT2D eigenvalue weighted by atomic mass is 10.1. The first kappa shape index (κ1) is 21.2. The Labute approximate surface area is 163 Å². The largest absolute Gasteiger partial charge is 0.378 e. The van der Waals surface area contributed by atoms with Crippen LogP contribution in [0.5, 0.6) is 0 Å². The van der Waals surface area contributed by atoms with Gasteiger partial charge in [-0.05, 0) is 36.6 Å². The van der Waals surface area contributed by atoms with Crippen LogP contribution >= 0.6 is 0 Å². The molecule has 1 heterocycles. The lowest BCUT2D eigenvalue weighted by Gasteiger charge is -2.29. The minimum atomic E-state index is 0.00840. The van der Waals surface area contributed by atoms with E-state index < -0.39 is 0 Å². The van der Waals surface area contributed by atoms with Crippen LogP contribution < -0.4 is 10.2 Å². The molecular formula is C21H34N4O2.